The van der Waals surface area contributed by atoms with E-state index < -0.39 is 11.9 Å². The van der Waals surface area contributed by atoms with Gasteiger partial charge in [0, 0.05) is 24.0 Å². The van der Waals surface area contributed by atoms with Crippen molar-refractivity contribution in [3.63, 3.8) is 0 Å². The van der Waals surface area contributed by atoms with Crippen LogP contribution < -0.4 is 0 Å². The van der Waals surface area contributed by atoms with Gasteiger partial charge in [0.2, 0.25) is 0 Å². The summed E-state index contributed by atoms with van der Waals surface area (Å²) in [6.07, 6.45) is 0. The molecule has 5 nitrogen and oxygen atoms in total. The third-order valence-electron chi connectivity index (χ3n) is 4.04. The van der Waals surface area contributed by atoms with E-state index in [1.807, 2.05) is 6.92 Å². The summed E-state index contributed by atoms with van der Waals surface area (Å²) in [5, 5.41) is 11.2. The van der Waals surface area contributed by atoms with Crippen molar-refractivity contribution in [3.05, 3.63) is 41.2 Å². The van der Waals surface area contributed by atoms with Crippen LogP contribution in [0.25, 0.3) is 10.6 Å². The average Bonchev–Trinajstić information content (AvgIpc) is 3.14. The number of hydrogen-bond donors (Lipinski definition) is 1. The van der Waals surface area contributed by atoms with E-state index in [1.54, 1.807) is 23.6 Å². The number of amides is 1. The summed E-state index contributed by atoms with van der Waals surface area (Å²) in [5.74, 6) is -2.23. The molecule has 3 rings (SSSR count). The molecule has 0 radical (unpaired) electrons. The maximum absolute atomic E-state index is 13.8. The number of thiazole rings is 1. The summed E-state index contributed by atoms with van der Waals surface area (Å²) in [5.41, 5.74) is 0.584. The van der Waals surface area contributed by atoms with Gasteiger partial charge in [0.15, 0.2) is 0 Å². The molecule has 0 bridgehead atoms. The Balaban J connectivity index is 1.80. The van der Waals surface area contributed by atoms with Gasteiger partial charge in [0.25, 0.3) is 5.91 Å². The van der Waals surface area contributed by atoms with Gasteiger partial charge < -0.3 is 10.0 Å². The third-order valence-corrected chi connectivity index (χ3v) is 4.92. The number of hydrogen-bond acceptors (Lipinski definition) is 4. The lowest BCUT2D eigenvalue weighted by Gasteiger charge is -2.13. The molecule has 2 aromatic rings. The molecule has 1 aromatic heterocycles. The standard InChI is InChI=1S/C16H15FN2O3S/c1-9-6-19(7-11(9)16(21)22)15(20)13-8-23-14(18-13)10-4-2-3-5-12(10)17/h2-5,8-9,11H,6-7H2,1H3,(H,21,22)/t9-,11-/m1/s1. The largest absolute Gasteiger partial charge is 0.481 e. The van der Waals surface area contributed by atoms with Gasteiger partial charge in [-0.25, -0.2) is 9.37 Å². The van der Waals surface area contributed by atoms with Crippen molar-refractivity contribution < 1.29 is 19.1 Å². The maximum Gasteiger partial charge on any atom is 0.308 e. The van der Waals surface area contributed by atoms with Crippen LogP contribution in [0.1, 0.15) is 17.4 Å². The van der Waals surface area contributed by atoms with Crippen molar-refractivity contribution in [1.29, 1.82) is 0 Å². The second-order valence-electron chi connectivity index (χ2n) is 5.65. The average molecular weight is 334 g/mol. The van der Waals surface area contributed by atoms with Crippen molar-refractivity contribution in [2.45, 2.75) is 6.92 Å². The van der Waals surface area contributed by atoms with Gasteiger partial charge >= 0.3 is 5.97 Å². The zero-order valence-corrected chi connectivity index (χ0v) is 13.2. The van der Waals surface area contributed by atoms with Gasteiger partial charge in [-0.2, -0.15) is 0 Å². The summed E-state index contributed by atoms with van der Waals surface area (Å²) in [6, 6.07) is 6.26. The molecular formula is C16H15FN2O3S. The highest BCUT2D eigenvalue weighted by Crippen LogP contribution is 2.28. The summed E-state index contributed by atoms with van der Waals surface area (Å²) in [4.78, 5) is 29.3. The molecule has 2 heterocycles. The Bertz CT molecular complexity index is 761. The van der Waals surface area contributed by atoms with Crippen LogP contribution in [-0.4, -0.2) is 40.0 Å². The Morgan fingerprint density at radius 1 is 1.35 bits per heavy atom. The van der Waals surface area contributed by atoms with Crippen molar-refractivity contribution in [2.24, 2.45) is 11.8 Å². The van der Waals surface area contributed by atoms with Crippen molar-refractivity contribution in [1.82, 2.24) is 9.88 Å². The van der Waals surface area contributed by atoms with Crippen LogP contribution in [0.5, 0.6) is 0 Å². The Morgan fingerprint density at radius 2 is 2.09 bits per heavy atom. The van der Waals surface area contributed by atoms with E-state index >= 15 is 0 Å². The lowest BCUT2D eigenvalue weighted by molar-refractivity contribution is -0.142. The number of rotatable bonds is 3. The van der Waals surface area contributed by atoms with Crippen LogP contribution in [0.15, 0.2) is 29.6 Å². The molecule has 1 aliphatic heterocycles. The normalized spacial score (nSPS) is 20.7. The minimum Gasteiger partial charge on any atom is -0.481 e. The maximum atomic E-state index is 13.8. The van der Waals surface area contributed by atoms with E-state index in [2.05, 4.69) is 4.98 Å². The zero-order valence-electron chi connectivity index (χ0n) is 12.4. The number of carbonyl (C=O) groups is 2. The fourth-order valence-electron chi connectivity index (χ4n) is 2.75. The van der Waals surface area contributed by atoms with E-state index in [0.29, 0.717) is 17.1 Å². The quantitative estimate of drug-likeness (QED) is 0.937. The number of likely N-dealkylation sites (tertiary alicyclic amines) is 1. The van der Waals surface area contributed by atoms with Crippen LogP contribution in [-0.2, 0) is 4.79 Å². The third kappa shape index (κ3) is 2.96. The molecule has 0 unspecified atom stereocenters. The van der Waals surface area contributed by atoms with Crippen LogP contribution >= 0.6 is 11.3 Å². The van der Waals surface area contributed by atoms with Gasteiger partial charge in [-0.1, -0.05) is 19.1 Å². The van der Waals surface area contributed by atoms with E-state index in [1.165, 1.54) is 22.3 Å². The Hall–Kier alpha value is -2.28. The molecule has 7 heteroatoms. The molecule has 0 spiro atoms. The second-order valence-corrected chi connectivity index (χ2v) is 6.51. The van der Waals surface area contributed by atoms with Crippen molar-refractivity contribution in [3.8, 4) is 10.6 Å². The molecule has 1 fully saturated rings. The number of halogens is 1. The number of benzene rings is 1. The molecule has 23 heavy (non-hydrogen) atoms. The fourth-order valence-corrected chi connectivity index (χ4v) is 3.57. The lowest BCUT2D eigenvalue weighted by atomic mass is 9.99. The van der Waals surface area contributed by atoms with Gasteiger partial charge in [0.1, 0.15) is 16.5 Å². The molecule has 2 atom stereocenters. The molecule has 120 valence electrons. The number of carbonyl (C=O) groups excluding carboxylic acids is 1. The van der Waals surface area contributed by atoms with Gasteiger partial charge in [-0.3, -0.25) is 9.59 Å². The molecule has 1 aliphatic rings. The van der Waals surface area contributed by atoms with Crippen molar-refractivity contribution >= 4 is 23.2 Å². The first-order chi connectivity index (χ1) is 11.0. The van der Waals surface area contributed by atoms with E-state index in [0.717, 1.165) is 0 Å². The molecule has 1 aromatic carbocycles. The van der Waals surface area contributed by atoms with Gasteiger partial charge in [-0.15, -0.1) is 11.3 Å². The second kappa shape index (κ2) is 6.08. The Kier molecular flexibility index (Phi) is 4.12. The van der Waals surface area contributed by atoms with E-state index in [-0.39, 0.29) is 29.9 Å². The predicted molar refractivity (Wildman–Crippen MR) is 83.7 cm³/mol. The monoisotopic (exact) mass is 334 g/mol. The summed E-state index contributed by atoms with van der Waals surface area (Å²) >= 11 is 1.20. The highest BCUT2D eigenvalue weighted by atomic mass is 32.1. The Morgan fingerprint density at radius 3 is 2.74 bits per heavy atom. The first-order valence-corrected chi connectivity index (χ1v) is 8.08. The van der Waals surface area contributed by atoms with Crippen LogP contribution in [0.4, 0.5) is 4.39 Å². The SMILES string of the molecule is C[C@@H]1CN(C(=O)c2csc(-c3ccccc3F)n2)C[C@H]1C(=O)O. The molecule has 1 saturated heterocycles. The smallest absolute Gasteiger partial charge is 0.308 e. The number of aromatic nitrogens is 1. The van der Waals surface area contributed by atoms with Gasteiger partial charge in [-0.05, 0) is 18.1 Å². The minimum atomic E-state index is -0.891. The molecule has 0 aliphatic carbocycles. The number of carboxylic acid groups (broad SMARTS) is 1. The highest BCUT2D eigenvalue weighted by molar-refractivity contribution is 7.13. The topological polar surface area (TPSA) is 70.5 Å². The summed E-state index contributed by atoms with van der Waals surface area (Å²) in [7, 11) is 0. The van der Waals surface area contributed by atoms with Crippen LogP contribution in [0.2, 0.25) is 0 Å². The summed E-state index contributed by atoms with van der Waals surface area (Å²) in [6.45, 7) is 2.39. The lowest BCUT2D eigenvalue weighted by Crippen LogP contribution is -2.30. The first kappa shape index (κ1) is 15.6. The number of carboxylic acids is 1. The molecule has 1 N–H and O–H groups in total. The first-order valence-electron chi connectivity index (χ1n) is 7.20. The van der Waals surface area contributed by atoms with Crippen LogP contribution in [0.3, 0.4) is 0 Å². The number of aliphatic carboxylic acids is 1. The van der Waals surface area contributed by atoms with Gasteiger partial charge in [0.05, 0.1) is 5.92 Å². The Labute approximate surface area is 136 Å². The van der Waals surface area contributed by atoms with E-state index in [4.69, 9.17) is 5.11 Å². The van der Waals surface area contributed by atoms with Crippen molar-refractivity contribution in [2.75, 3.05) is 13.1 Å². The predicted octanol–water partition coefficient (Wildman–Crippen LogP) is 2.74. The molecular weight excluding hydrogens is 319 g/mol. The van der Waals surface area contributed by atoms with E-state index in [9.17, 15) is 14.0 Å². The molecule has 0 saturated carbocycles. The molecule has 1 amide bonds. The number of nitrogens with zero attached hydrogens (tertiary/aromatic N) is 2. The highest BCUT2D eigenvalue weighted by Gasteiger charge is 2.37. The zero-order chi connectivity index (χ0) is 16.6. The summed E-state index contributed by atoms with van der Waals surface area (Å²) < 4.78 is 13.8. The van der Waals surface area contributed by atoms with Crippen LogP contribution in [0, 0.1) is 17.7 Å². The fraction of sp³-hybridized carbons (Fsp3) is 0.312. The minimum absolute atomic E-state index is 0.0962.